The van der Waals surface area contributed by atoms with Crippen LogP contribution < -0.4 is 14.8 Å². The third-order valence-corrected chi connectivity index (χ3v) is 3.33. The van der Waals surface area contributed by atoms with Crippen molar-refractivity contribution in [3.63, 3.8) is 0 Å². The van der Waals surface area contributed by atoms with Crippen molar-refractivity contribution in [3.05, 3.63) is 47.4 Å². The normalized spacial score (nSPS) is 10.6. The van der Waals surface area contributed by atoms with E-state index in [-0.39, 0.29) is 11.6 Å². The van der Waals surface area contributed by atoms with Gasteiger partial charge in [-0.15, -0.1) is 0 Å². The largest absolute Gasteiger partial charge is 0.497 e. The molecule has 1 amide bonds. The highest BCUT2D eigenvalue weighted by Gasteiger charge is 2.13. The van der Waals surface area contributed by atoms with Crippen molar-refractivity contribution in [2.75, 3.05) is 19.5 Å². The second-order valence-corrected chi connectivity index (χ2v) is 5.03. The van der Waals surface area contributed by atoms with Crippen molar-refractivity contribution in [1.82, 2.24) is 14.6 Å². The third kappa shape index (κ3) is 3.19. The number of fused-ring (bicyclic) bond motifs is 1. The predicted molar refractivity (Wildman–Crippen MR) is 85.5 cm³/mol. The maximum Gasteiger partial charge on any atom is 0.275 e. The maximum absolute atomic E-state index is 12.3. The van der Waals surface area contributed by atoms with Crippen LogP contribution in [0.25, 0.3) is 5.65 Å². The van der Waals surface area contributed by atoms with Crippen molar-refractivity contribution in [2.24, 2.45) is 0 Å². The van der Waals surface area contributed by atoms with Crippen molar-refractivity contribution in [3.8, 4) is 11.5 Å². The smallest absolute Gasteiger partial charge is 0.275 e. The molecule has 7 nitrogen and oxygen atoms in total. The lowest BCUT2D eigenvalue weighted by molar-refractivity contribution is 0.102. The number of carbonyl (C=O) groups is 1. The van der Waals surface area contributed by atoms with Gasteiger partial charge in [-0.05, 0) is 12.1 Å². The molecular formula is C15H13ClN4O3. The quantitative estimate of drug-likeness (QED) is 0.794. The first-order valence-corrected chi connectivity index (χ1v) is 7.03. The molecule has 2 aromatic heterocycles. The standard InChI is InChI=1S/C15H13ClN4O3/c1-22-10-5-9(6-11(7-10)23-2)17-15(21)12-8-20-14(18-12)4-3-13(16)19-20/h3-8H,1-2H3,(H,17,21). The van der Waals surface area contributed by atoms with Gasteiger partial charge in [0.25, 0.3) is 5.91 Å². The fourth-order valence-corrected chi connectivity index (χ4v) is 2.19. The first kappa shape index (κ1) is 15.1. The minimum absolute atomic E-state index is 0.224. The molecule has 1 N–H and O–H groups in total. The Bertz CT molecular complexity index is 856. The van der Waals surface area contributed by atoms with Gasteiger partial charge in [0.2, 0.25) is 0 Å². The van der Waals surface area contributed by atoms with E-state index < -0.39 is 0 Å². The second kappa shape index (κ2) is 6.13. The van der Waals surface area contributed by atoms with Crippen LogP contribution in [0.4, 0.5) is 5.69 Å². The lowest BCUT2D eigenvalue weighted by Gasteiger charge is -2.08. The number of aromatic nitrogens is 3. The van der Waals surface area contributed by atoms with E-state index in [0.717, 1.165) is 0 Å². The van der Waals surface area contributed by atoms with Crippen LogP contribution in [-0.2, 0) is 0 Å². The number of anilines is 1. The zero-order valence-corrected chi connectivity index (χ0v) is 13.2. The second-order valence-electron chi connectivity index (χ2n) is 4.64. The van der Waals surface area contributed by atoms with Gasteiger partial charge in [-0.3, -0.25) is 4.79 Å². The van der Waals surface area contributed by atoms with Gasteiger partial charge >= 0.3 is 0 Å². The number of nitrogens with zero attached hydrogens (tertiary/aromatic N) is 3. The highest BCUT2D eigenvalue weighted by atomic mass is 35.5. The summed E-state index contributed by atoms with van der Waals surface area (Å²) in [6.07, 6.45) is 1.51. The van der Waals surface area contributed by atoms with E-state index in [4.69, 9.17) is 21.1 Å². The number of ether oxygens (including phenoxy) is 2. The molecule has 0 saturated heterocycles. The van der Waals surface area contributed by atoms with E-state index in [1.54, 1.807) is 30.3 Å². The summed E-state index contributed by atoms with van der Waals surface area (Å²) in [5.74, 6) is 0.771. The first-order chi connectivity index (χ1) is 11.1. The van der Waals surface area contributed by atoms with Crippen LogP contribution in [0.3, 0.4) is 0 Å². The Kier molecular flexibility index (Phi) is 4.03. The molecule has 3 aromatic rings. The van der Waals surface area contributed by atoms with Crippen molar-refractivity contribution in [2.45, 2.75) is 0 Å². The Morgan fingerprint density at radius 2 is 1.87 bits per heavy atom. The van der Waals surface area contributed by atoms with Crippen LogP contribution in [0.15, 0.2) is 36.5 Å². The summed E-state index contributed by atoms with van der Waals surface area (Å²) in [7, 11) is 3.08. The molecule has 0 radical (unpaired) electrons. The number of imidazole rings is 1. The first-order valence-electron chi connectivity index (χ1n) is 6.65. The predicted octanol–water partition coefficient (Wildman–Crippen LogP) is 2.65. The number of methoxy groups -OCH3 is 2. The number of rotatable bonds is 4. The summed E-state index contributed by atoms with van der Waals surface area (Å²) >= 11 is 5.82. The summed E-state index contributed by atoms with van der Waals surface area (Å²) in [4.78, 5) is 16.5. The molecule has 0 atom stereocenters. The van der Waals surface area contributed by atoms with E-state index in [9.17, 15) is 4.79 Å². The molecule has 2 heterocycles. The molecule has 0 fully saturated rings. The molecule has 0 saturated carbocycles. The Labute approximate surface area is 136 Å². The lowest BCUT2D eigenvalue weighted by atomic mass is 10.2. The van der Waals surface area contributed by atoms with Gasteiger partial charge in [-0.2, -0.15) is 5.10 Å². The van der Waals surface area contributed by atoms with Crippen molar-refractivity contribution >= 4 is 28.8 Å². The van der Waals surface area contributed by atoms with E-state index in [0.29, 0.717) is 28.0 Å². The lowest BCUT2D eigenvalue weighted by Crippen LogP contribution is -2.12. The van der Waals surface area contributed by atoms with Gasteiger partial charge in [-0.1, -0.05) is 11.6 Å². The summed E-state index contributed by atoms with van der Waals surface area (Å²) in [5.41, 5.74) is 1.29. The molecule has 8 heteroatoms. The summed E-state index contributed by atoms with van der Waals surface area (Å²) in [6.45, 7) is 0. The molecule has 0 aliphatic rings. The van der Waals surface area contributed by atoms with Crippen molar-refractivity contribution in [1.29, 1.82) is 0 Å². The Balaban J connectivity index is 1.88. The molecule has 23 heavy (non-hydrogen) atoms. The zero-order chi connectivity index (χ0) is 16.4. The highest BCUT2D eigenvalue weighted by Crippen LogP contribution is 2.26. The number of halogens is 1. The monoisotopic (exact) mass is 332 g/mol. The Morgan fingerprint density at radius 3 is 2.52 bits per heavy atom. The average Bonchev–Trinajstić information content (AvgIpc) is 2.97. The average molecular weight is 333 g/mol. The van der Waals surface area contributed by atoms with Crippen molar-refractivity contribution < 1.29 is 14.3 Å². The number of hydrogen-bond acceptors (Lipinski definition) is 5. The molecule has 0 bridgehead atoms. The fourth-order valence-electron chi connectivity index (χ4n) is 2.04. The van der Waals surface area contributed by atoms with E-state index in [1.807, 2.05) is 0 Å². The molecule has 0 aliphatic heterocycles. The topological polar surface area (TPSA) is 77.8 Å². The minimum atomic E-state index is -0.373. The van der Waals surface area contributed by atoms with Gasteiger partial charge in [0.05, 0.1) is 20.4 Å². The van der Waals surface area contributed by atoms with Crippen LogP contribution in [-0.4, -0.2) is 34.7 Å². The Hall–Kier alpha value is -2.80. The minimum Gasteiger partial charge on any atom is -0.497 e. The SMILES string of the molecule is COc1cc(NC(=O)c2cn3nc(Cl)ccc3n2)cc(OC)c1. The molecule has 0 unspecified atom stereocenters. The van der Waals surface area contributed by atoms with Crippen LogP contribution >= 0.6 is 11.6 Å². The van der Waals surface area contributed by atoms with Gasteiger partial charge in [-0.25, -0.2) is 9.50 Å². The molecule has 3 rings (SSSR count). The molecule has 1 aromatic carbocycles. The fraction of sp³-hybridized carbons (Fsp3) is 0.133. The van der Waals surface area contributed by atoms with Gasteiger partial charge < -0.3 is 14.8 Å². The maximum atomic E-state index is 12.3. The van der Waals surface area contributed by atoms with Crippen LogP contribution in [0.1, 0.15) is 10.5 Å². The molecule has 0 aliphatic carbocycles. The zero-order valence-electron chi connectivity index (χ0n) is 12.4. The third-order valence-electron chi connectivity index (χ3n) is 3.13. The van der Waals surface area contributed by atoms with E-state index in [1.165, 1.54) is 24.9 Å². The van der Waals surface area contributed by atoms with Gasteiger partial charge in [0.1, 0.15) is 22.3 Å². The number of hydrogen-bond donors (Lipinski definition) is 1. The van der Waals surface area contributed by atoms with Crippen LogP contribution in [0.5, 0.6) is 11.5 Å². The van der Waals surface area contributed by atoms with E-state index in [2.05, 4.69) is 15.4 Å². The molecular weight excluding hydrogens is 320 g/mol. The number of benzene rings is 1. The highest BCUT2D eigenvalue weighted by molar-refractivity contribution is 6.29. The van der Waals surface area contributed by atoms with Crippen LogP contribution in [0.2, 0.25) is 5.15 Å². The van der Waals surface area contributed by atoms with E-state index >= 15 is 0 Å². The summed E-state index contributed by atoms with van der Waals surface area (Å²) in [5, 5.41) is 7.11. The number of carbonyl (C=O) groups excluding carboxylic acids is 1. The molecule has 0 spiro atoms. The Morgan fingerprint density at radius 1 is 1.17 bits per heavy atom. The number of amides is 1. The van der Waals surface area contributed by atoms with Gasteiger partial charge in [0.15, 0.2) is 5.65 Å². The molecule has 118 valence electrons. The number of nitrogens with one attached hydrogen (secondary N) is 1. The summed E-state index contributed by atoms with van der Waals surface area (Å²) < 4.78 is 11.8. The van der Waals surface area contributed by atoms with Crippen LogP contribution in [0, 0.1) is 0 Å². The van der Waals surface area contributed by atoms with Gasteiger partial charge in [0, 0.05) is 23.9 Å². The summed E-state index contributed by atoms with van der Waals surface area (Å²) in [6, 6.07) is 8.38.